The van der Waals surface area contributed by atoms with Crippen molar-refractivity contribution in [1.82, 2.24) is 14.8 Å². The molecule has 3 aliphatic rings. The van der Waals surface area contributed by atoms with E-state index in [1.165, 1.54) is 0 Å². The van der Waals surface area contributed by atoms with E-state index >= 15 is 0 Å². The van der Waals surface area contributed by atoms with Crippen LogP contribution in [0.25, 0.3) is 22.0 Å². The van der Waals surface area contributed by atoms with E-state index in [0.717, 1.165) is 29.2 Å². The molecule has 33 heavy (non-hydrogen) atoms. The van der Waals surface area contributed by atoms with Crippen molar-refractivity contribution >= 4 is 22.6 Å². The van der Waals surface area contributed by atoms with Gasteiger partial charge in [0.2, 0.25) is 5.91 Å². The zero-order chi connectivity index (χ0) is 22.5. The monoisotopic (exact) mass is 441 g/mol. The molecule has 1 saturated carbocycles. The molecule has 1 aromatic heterocycles. The molecule has 6 nitrogen and oxygen atoms in total. The third-order valence-electron chi connectivity index (χ3n) is 7.64. The number of aliphatic hydroxyl groups excluding tert-OH is 1. The maximum Gasteiger partial charge on any atom is 0.256 e. The predicted octanol–water partition coefficient (Wildman–Crippen LogP) is 3.49. The Morgan fingerprint density at radius 2 is 1.61 bits per heavy atom. The molecule has 0 bridgehead atoms. The van der Waals surface area contributed by atoms with Crippen LogP contribution in [0.1, 0.15) is 36.0 Å². The van der Waals surface area contributed by atoms with Gasteiger partial charge in [-0.15, -0.1) is 0 Å². The van der Waals surface area contributed by atoms with Gasteiger partial charge in [0.15, 0.2) is 0 Å². The molecule has 0 radical (unpaired) electrons. The fourth-order valence-corrected chi connectivity index (χ4v) is 5.84. The lowest BCUT2D eigenvalue weighted by atomic mass is 9.81. The molecule has 6 heteroatoms. The van der Waals surface area contributed by atoms with Crippen molar-refractivity contribution in [2.45, 2.75) is 43.9 Å². The summed E-state index contributed by atoms with van der Waals surface area (Å²) < 4.78 is 0. The van der Waals surface area contributed by atoms with Gasteiger partial charge in [-0.05, 0) is 54.7 Å². The van der Waals surface area contributed by atoms with Crippen LogP contribution < -0.4 is 0 Å². The van der Waals surface area contributed by atoms with Gasteiger partial charge in [-0.2, -0.15) is 0 Å². The molecular weight excluding hydrogens is 414 g/mol. The van der Waals surface area contributed by atoms with Crippen molar-refractivity contribution in [1.29, 1.82) is 0 Å². The van der Waals surface area contributed by atoms with Gasteiger partial charge in [0.05, 0.1) is 29.4 Å². The minimum atomic E-state index is -0.335. The molecule has 2 saturated heterocycles. The van der Waals surface area contributed by atoms with E-state index < -0.39 is 0 Å². The van der Waals surface area contributed by atoms with Crippen LogP contribution in [0.5, 0.6) is 0 Å². The molecule has 2 atom stereocenters. The van der Waals surface area contributed by atoms with Gasteiger partial charge in [-0.3, -0.25) is 14.6 Å². The number of rotatable bonds is 3. The van der Waals surface area contributed by atoms with Crippen molar-refractivity contribution in [2.75, 3.05) is 13.1 Å². The first-order chi connectivity index (χ1) is 16.1. The Kier molecular flexibility index (Phi) is 4.91. The summed E-state index contributed by atoms with van der Waals surface area (Å²) in [4.78, 5) is 35.1. The normalized spacial score (nSPS) is 26.3. The van der Waals surface area contributed by atoms with E-state index in [-0.39, 0.29) is 35.9 Å². The van der Waals surface area contributed by atoms with Crippen molar-refractivity contribution in [3.8, 4) is 11.3 Å². The summed E-state index contributed by atoms with van der Waals surface area (Å²) in [5.74, 6) is 0.0915. The van der Waals surface area contributed by atoms with Gasteiger partial charge in [-0.1, -0.05) is 36.4 Å². The highest BCUT2D eigenvalue weighted by molar-refractivity contribution is 6.01. The van der Waals surface area contributed by atoms with Crippen LogP contribution in [0.4, 0.5) is 0 Å². The second-order valence-corrected chi connectivity index (χ2v) is 9.53. The molecule has 2 aromatic carbocycles. The smallest absolute Gasteiger partial charge is 0.256 e. The first-order valence-corrected chi connectivity index (χ1v) is 11.8. The lowest BCUT2D eigenvalue weighted by Gasteiger charge is -2.35. The Hall–Kier alpha value is -3.25. The number of aliphatic hydroxyl groups is 1. The number of amides is 2. The van der Waals surface area contributed by atoms with Crippen molar-refractivity contribution in [3.63, 3.8) is 0 Å². The summed E-state index contributed by atoms with van der Waals surface area (Å²) in [6, 6.07) is 18.2. The van der Waals surface area contributed by atoms with Gasteiger partial charge < -0.3 is 14.9 Å². The quantitative estimate of drug-likeness (QED) is 0.675. The fourth-order valence-electron chi connectivity index (χ4n) is 5.84. The Morgan fingerprint density at radius 1 is 0.879 bits per heavy atom. The first kappa shape index (κ1) is 20.4. The van der Waals surface area contributed by atoms with Crippen LogP contribution in [0.3, 0.4) is 0 Å². The van der Waals surface area contributed by atoms with E-state index in [4.69, 9.17) is 0 Å². The highest BCUT2D eigenvalue weighted by Crippen LogP contribution is 2.37. The standard InChI is InChI=1S/C27H27N3O3/c31-21-15-20(16-21)26(32)29-12-9-24-23(29)10-13-30(24)27(33)22-6-3-11-28-25(22)19-8-7-17-4-1-2-5-18(17)14-19/h1-8,11,14,20-21,23-24,31H,9-10,12-13,15-16H2/t20?,21?,23-,24?/m1/s1. The van der Waals surface area contributed by atoms with Crippen LogP contribution in [0.2, 0.25) is 0 Å². The second-order valence-electron chi connectivity index (χ2n) is 9.53. The number of aromatic nitrogens is 1. The minimum Gasteiger partial charge on any atom is -0.393 e. The third kappa shape index (κ3) is 3.40. The molecule has 168 valence electrons. The van der Waals surface area contributed by atoms with E-state index in [9.17, 15) is 14.7 Å². The second kappa shape index (κ2) is 7.96. The number of likely N-dealkylation sites (tertiary alicyclic amines) is 2. The van der Waals surface area contributed by atoms with Crippen LogP contribution in [-0.4, -0.2) is 63.0 Å². The van der Waals surface area contributed by atoms with Gasteiger partial charge in [0, 0.05) is 30.8 Å². The predicted molar refractivity (Wildman–Crippen MR) is 125 cm³/mol. The molecule has 2 amide bonds. The number of hydrogen-bond donors (Lipinski definition) is 1. The van der Waals surface area contributed by atoms with Crippen molar-refractivity contribution < 1.29 is 14.7 Å². The molecule has 3 fully saturated rings. The number of fused-ring (bicyclic) bond motifs is 2. The molecular formula is C27H27N3O3. The molecule has 3 heterocycles. The lowest BCUT2D eigenvalue weighted by Crippen LogP contribution is -2.47. The zero-order valence-corrected chi connectivity index (χ0v) is 18.4. The Morgan fingerprint density at radius 3 is 2.39 bits per heavy atom. The van der Waals surface area contributed by atoms with E-state index in [1.54, 1.807) is 6.20 Å². The molecule has 3 aromatic rings. The molecule has 1 N–H and O–H groups in total. The fraction of sp³-hybridized carbons (Fsp3) is 0.370. The summed E-state index contributed by atoms with van der Waals surface area (Å²) in [5, 5.41) is 11.9. The topological polar surface area (TPSA) is 73.7 Å². The van der Waals surface area contributed by atoms with Crippen LogP contribution in [0, 0.1) is 5.92 Å². The highest BCUT2D eigenvalue weighted by atomic mass is 16.3. The third-order valence-corrected chi connectivity index (χ3v) is 7.64. The summed E-state index contributed by atoms with van der Waals surface area (Å²) in [5.41, 5.74) is 2.24. The highest BCUT2D eigenvalue weighted by Gasteiger charge is 2.48. The number of nitrogens with zero attached hydrogens (tertiary/aromatic N) is 3. The summed E-state index contributed by atoms with van der Waals surface area (Å²) >= 11 is 0. The van der Waals surface area contributed by atoms with Gasteiger partial charge >= 0.3 is 0 Å². The van der Waals surface area contributed by atoms with Crippen LogP contribution in [-0.2, 0) is 4.79 Å². The maximum absolute atomic E-state index is 13.7. The summed E-state index contributed by atoms with van der Waals surface area (Å²) in [7, 11) is 0. The van der Waals surface area contributed by atoms with Crippen molar-refractivity contribution in [3.05, 3.63) is 66.4 Å². The number of benzene rings is 2. The average Bonchev–Trinajstić information content (AvgIpc) is 3.43. The van der Waals surface area contributed by atoms with Gasteiger partial charge in [-0.25, -0.2) is 0 Å². The first-order valence-electron chi connectivity index (χ1n) is 11.8. The average molecular weight is 442 g/mol. The number of carbonyl (C=O) groups excluding carboxylic acids is 2. The minimum absolute atomic E-state index is 0.00729. The Labute approximate surface area is 192 Å². The number of hydrogen-bond acceptors (Lipinski definition) is 4. The van der Waals surface area contributed by atoms with E-state index in [0.29, 0.717) is 37.2 Å². The molecule has 1 unspecified atom stereocenters. The summed E-state index contributed by atoms with van der Waals surface area (Å²) in [6.07, 6.45) is 4.15. The number of pyridine rings is 1. The largest absolute Gasteiger partial charge is 0.393 e. The molecule has 6 rings (SSSR count). The Bertz CT molecular complexity index is 1240. The van der Waals surface area contributed by atoms with Crippen molar-refractivity contribution in [2.24, 2.45) is 5.92 Å². The van der Waals surface area contributed by atoms with Crippen LogP contribution >= 0.6 is 0 Å². The van der Waals surface area contributed by atoms with Gasteiger partial charge in [0.25, 0.3) is 5.91 Å². The van der Waals surface area contributed by atoms with E-state index in [2.05, 4.69) is 29.2 Å². The van der Waals surface area contributed by atoms with E-state index in [1.807, 2.05) is 40.1 Å². The molecule has 0 spiro atoms. The summed E-state index contributed by atoms with van der Waals surface area (Å²) in [6.45, 7) is 1.34. The van der Waals surface area contributed by atoms with Crippen LogP contribution in [0.15, 0.2) is 60.8 Å². The molecule has 1 aliphatic carbocycles. The Balaban J connectivity index is 1.26. The maximum atomic E-state index is 13.7. The lowest BCUT2D eigenvalue weighted by molar-refractivity contribution is -0.143. The molecule has 2 aliphatic heterocycles. The zero-order valence-electron chi connectivity index (χ0n) is 18.4. The van der Waals surface area contributed by atoms with Gasteiger partial charge in [0.1, 0.15) is 0 Å². The SMILES string of the molecule is O=C(c1cccnc1-c1ccc2ccccc2c1)N1CC[C@@H]2C1CCN2C(=O)C1CC(O)C1. The number of carbonyl (C=O) groups is 2.